The highest BCUT2D eigenvalue weighted by Gasteiger charge is 2.35. The highest BCUT2D eigenvalue weighted by molar-refractivity contribution is 7.89. The number of aromatic nitrogens is 3. The maximum atomic E-state index is 13.2. The zero-order valence-electron chi connectivity index (χ0n) is 16.6. The Bertz CT molecular complexity index is 1280. The van der Waals surface area contributed by atoms with Crippen molar-refractivity contribution in [2.45, 2.75) is 30.7 Å². The van der Waals surface area contributed by atoms with E-state index in [1.54, 1.807) is 28.9 Å². The lowest BCUT2D eigenvalue weighted by Gasteiger charge is -2.18. The summed E-state index contributed by atoms with van der Waals surface area (Å²) in [5, 5.41) is 0. The van der Waals surface area contributed by atoms with Gasteiger partial charge >= 0.3 is 0 Å². The average Bonchev–Trinajstić information content (AvgIpc) is 3.52. The minimum atomic E-state index is -3.55. The van der Waals surface area contributed by atoms with Crippen LogP contribution < -0.4 is 0 Å². The summed E-state index contributed by atoms with van der Waals surface area (Å²) in [6.07, 6.45) is 4.90. The first-order valence-electron chi connectivity index (χ1n) is 10.0. The lowest BCUT2D eigenvalue weighted by atomic mass is 10.2. The summed E-state index contributed by atoms with van der Waals surface area (Å²) in [6.45, 7) is 2.87. The smallest absolute Gasteiger partial charge is 0.243 e. The monoisotopic (exact) mass is 422 g/mol. The summed E-state index contributed by atoms with van der Waals surface area (Å²) in [5.41, 5.74) is 2.62. The van der Waals surface area contributed by atoms with Crippen molar-refractivity contribution < 1.29 is 12.8 Å². The Kier molecular flexibility index (Phi) is 4.67. The van der Waals surface area contributed by atoms with E-state index in [9.17, 15) is 8.42 Å². The molecule has 5 rings (SSSR count). The quantitative estimate of drug-likeness (QED) is 0.487. The number of aryl methyl sites for hydroxylation is 1. The number of pyridine rings is 1. The molecule has 1 aliphatic rings. The summed E-state index contributed by atoms with van der Waals surface area (Å²) in [6, 6.07) is 14.5. The standard InChI is InChI=1S/C22H22N4O3S/c1-2-16-7-9-18(10-8-16)30(27,28)25-13-11-17(15-25)26-21-19(5-3-12-23-21)24-22(26)20-6-4-14-29-20/h3-10,12,14,17H,2,11,13,15H2,1H3/t17-/m0/s1. The van der Waals surface area contributed by atoms with Crippen molar-refractivity contribution in [3.05, 3.63) is 66.6 Å². The molecule has 4 heterocycles. The van der Waals surface area contributed by atoms with Crippen molar-refractivity contribution >= 4 is 21.2 Å². The van der Waals surface area contributed by atoms with Gasteiger partial charge in [-0.15, -0.1) is 0 Å². The summed E-state index contributed by atoms with van der Waals surface area (Å²) >= 11 is 0. The molecule has 0 N–H and O–H groups in total. The van der Waals surface area contributed by atoms with Crippen LogP contribution in [0.4, 0.5) is 0 Å². The van der Waals surface area contributed by atoms with Crippen LogP contribution in [-0.4, -0.2) is 40.3 Å². The van der Waals surface area contributed by atoms with Crippen molar-refractivity contribution in [2.75, 3.05) is 13.1 Å². The van der Waals surface area contributed by atoms with E-state index in [-0.39, 0.29) is 6.04 Å². The largest absolute Gasteiger partial charge is 0.461 e. The summed E-state index contributed by atoms with van der Waals surface area (Å²) in [5.74, 6) is 1.31. The maximum Gasteiger partial charge on any atom is 0.243 e. The van der Waals surface area contributed by atoms with E-state index in [1.165, 1.54) is 0 Å². The molecule has 3 aromatic heterocycles. The van der Waals surface area contributed by atoms with Gasteiger partial charge in [0.15, 0.2) is 17.2 Å². The van der Waals surface area contributed by atoms with Crippen LogP contribution in [0.5, 0.6) is 0 Å². The fourth-order valence-corrected chi connectivity index (χ4v) is 5.53. The number of furan rings is 1. The molecule has 0 saturated carbocycles. The van der Waals surface area contributed by atoms with Crippen molar-refractivity contribution in [3.63, 3.8) is 0 Å². The van der Waals surface area contributed by atoms with Crippen molar-refractivity contribution in [1.82, 2.24) is 18.8 Å². The lowest BCUT2D eigenvalue weighted by molar-refractivity contribution is 0.453. The topological polar surface area (TPSA) is 81.2 Å². The molecule has 0 spiro atoms. The van der Waals surface area contributed by atoms with Gasteiger partial charge in [-0.2, -0.15) is 4.31 Å². The second-order valence-corrected chi connectivity index (χ2v) is 9.37. The predicted octanol–water partition coefficient (Wildman–Crippen LogP) is 3.89. The average molecular weight is 423 g/mol. The Morgan fingerprint density at radius 2 is 1.97 bits per heavy atom. The Morgan fingerprint density at radius 3 is 2.70 bits per heavy atom. The van der Waals surface area contributed by atoms with Gasteiger partial charge < -0.3 is 8.98 Å². The Hall–Kier alpha value is -2.97. The lowest BCUT2D eigenvalue weighted by Crippen LogP contribution is -2.29. The van der Waals surface area contributed by atoms with Crippen LogP contribution in [0, 0.1) is 0 Å². The van der Waals surface area contributed by atoms with Gasteiger partial charge in [-0.05, 0) is 54.8 Å². The molecule has 0 unspecified atom stereocenters. The number of fused-ring (bicyclic) bond motifs is 1. The molecule has 1 aromatic carbocycles. The van der Waals surface area contributed by atoms with Gasteiger partial charge in [0.05, 0.1) is 17.2 Å². The van der Waals surface area contributed by atoms with Crippen LogP contribution in [0.15, 0.2) is 70.3 Å². The number of rotatable bonds is 5. The molecule has 4 aromatic rings. The maximum absolute atomic E-state index is 13.2. The van der Waals surface area contributed by atoms with E-state index < -0.39 is 10.0 Å². The zero-order chi connectivity index (χ0) is 20.7. The predicted molar refractivity (Wildman–Crippen MR) is 113 cm³/mol. The molecular weight excluding hydrogens is 400 g/mol. The van der Waals surface area contributed by atoms with Gasteiger partial charge in [0.25, 0.3) is 0 Å². The molecule has 0 radical (unpaired) electrons. The van der Waals surface area contributed by atoms with Gasteiger partial charge in [0.2, 0.25) is 10.0 Å². The first kappa shape index (κ1) is 19.0. The first-order chi connectivity index (χ1) is 14.6. The van der Waals surface area contributed by atoms with Crippen LogP contribution in [0.1, 0.15) is 24.9 Å². The van der Waals surface area contributed by atoms with Crippen molar-refractivity contribution in [3.8, 4) is 11.6 Å². The van der Waals surface area contributed by atoms with Crippen molar-refractivity contribution in [1.29, 1.82) is 0 Å². The van der Waals surface area contributed by atoms with Crippen LogP contribution in [-0.2, 0) is 16.4 Å². The third-order valence-electron chi connectivity index (χ3n) is 5.65. The van der Waals surface area contributed by atoms with E-state index in [2.05, 4.69) is 11.9 Å². The molecule has 1 fully saturated rings. The molecule has 30 heavy (non-hydrogen) atoms. The number of hydrogen-bond acceptors (Lipinski definition) is 5. The number of sulfonamides is 1. The van der Waals surface area contributed by atoms with Crippen LogP contribution in [0.25, 0.3) is 22.7 Å². The molecular formula is C22H22N4O3S. The van der Waals surface area contributed by atoms with Gasteiger partial charge in [-0.3, -0.25) is 0 Å². The molecule has 0 aliphatic carbocycles. The van der Waals surface area contributed by atoms with Gasteiger partial charge in [-0.25, -0.2) is 18.4 Å². The zero-order valence-corrected chi connectivity index (χ0v) is 17.4. The molecule has 1 aliphatic heterocycles. The number of imidazole rings is 1. The van der Waals surface area contributed by atoms with E-state index >= 15 is 0 Å². The highest BCUT2D eigenvalue weighted by atomic mass is 32.2. The summed E-state index contributed by atoms with van der Waals surface area (Å²) in [7, 11) is -3.55. The minimum Gasteiger partial charge on any atom is -0.461 e. The first-order valence-corrected chi connectivity index (χ1v) is 11.5. The summed E-state index contributed by atoms with van der Waals surface area (Å²) in [4.78, 5) is 9.55. The SMILES string of the molecule is CCc1ccc(S(=O)(=O)N2CC[C@H](n3c(-c4ccco4)nc4cccnc43)C2)cc1. The third-order valence-corrected chi connectivity index (χ3v) is 7.53. The normalized spacial score (nSPS) is 17.7. The highest BCUT2D eigenvalue weighted by Crippen LogP contribution is 2.34. The Labute approximate surface area is 175 Å². The van der Waals surface area contributed by atoms with Gasteiger partial charge in [0, 0.05) is 19.3 Å². The molecule has 0 bridgehead atoms. The minimum absolute atomic E-state index is 0.0744. The fraction of sp³-hybridized carbons (Fsp3) is 0.273. The fourth-order valence-electron chi connectivity index (χ4n) is 4.04. The second kappa shape index (κ2) is 7.37. The Morgan fingerprint density at radius 1 is 1.13 bits per heavy atom. The van der Waals surface area contributed by atoms with Gasteiger partial charge in [0.1, 0.15) is 5.52 Å². The van der Waals surface area contributed by atoms with E-state index in [0.717, 1.165) is 23.1 Å². The number of benzene rings is 1. The van der Waals surface area contributed by atoms with E-state index in [0.29, 0.717) is 36.0 Å². The van der Waals surface area contributed by atoms with Crippen LogP contribution in [0.2, 0.25) is 0 Å². The van der Waals surface area contributed by atoms with Gasteiger partial charge in [-0.1, -0.05) is 19.1 Å². The van der Waals surface area contributed by atoms with Crippen LogP contribution in [0.3, 0.4) is 0 Å². The van der Waals surface area contributed by atoms with Crippen LogP contribution >= 0.6 is 0 Å². The number of hydrogen-bond donors (Lipinski definition) is 0. The van der Waals surface area contributed by atoms with Crippen molar-refractivity contribution in [2.24, 2.45) is 0 Å². The molecule has 1 saturated heterocycles. The Balaban J connectivity index is 1.50. The third kappa shape index (κ3) is 3.12. The van der Waals surface area contributed by atoms with E-state index in [1.807, 2.05) is 41.0 Å². The molecule has 8 heteroatoms. The molecule has 154 valence electrons. The molecule has 0 amide bonds. The number of nitrogens with zero attached hydrogens (tertiary/aromatic N) is 4. The molecule has 1 atom stereocenters. The molecule has 7 nitrogen and oxygen atoms in total. The summed E-state index contributed by atoms with van der Waals surface area (Å²) < 4.78 is 35.6. The second-order valence-electron chi connectivity index (χ2n) is 7.43. The van der Waals surface area contributed by atoms with E-state index in [4.69, 9.17) is 9.40 Å².